The topological polar surface area (TPSA) is 38.3 Å². The summed E-state index contributed by atoms with van der Waals surface area (Å²) in [6.07, 6.45) is 0.991. The summed E-state index contributed by atoms with van der Waals surface area (Å²) in [4.78, 5) is 11.8. The van der Waals surface area contributed by atoms with Gasteiger partial charge in [0.15, 0.2) is 0 Å². The van der Waals surface area contributed by atoms with Crippen molar-refractivity contribution in [2.24, 2.45) is 11.8 Å². The molecule has 1 aliphatic rings. The number of amides is 1. The van der Waals surface area contributed by atoms with Crippen molar-refractivity contribution in [1.29, 1.82) is 0 Å². The third-order valence-electron chi connectivity index (χ3n) is 3.22. The second-order valence-corrected chi connectivity index (χ2v) is 4.97. The van der Waals surface area contributed by atoms with Gasteiger partial charge in [-0.2, -0.15) is 0 Å². The van der Waals surface area contributed by atoms with Crippen LogP contribution in [0.15, 0.2) is 18.2 Å². The van der Waals surface area contributed by atoms with Crippen molar-refractivity contribution in [2.45, 2.75) is 26.1 Å². The smallest absolute Gasteiger partial charge is 0.227 e. The average molecular weight is 268 g/mol. The molecular formula is C14H18ClNO2. The van der Waals surface area contributed by atoms with Crippen LogP contribution in [0.1, 0.15) is 25.8 Å². The number of nitrogens with one attached hydrogen (secondary N) is 1. The quantitative estimate of drug-likeness (QED) is 0.830. The van der Waals surface area contributed by atoms with E-state index in [1.807, 2.05) is 25.1 Å². The fourth-order valence-corrected chi connectivity index (χ4v) is 2.19. The van der Waals surface area contributed by atoms with E-state index in [0.717, 1.165) is 23.4 Å². The first-order valence-electron chi connectivity index (χ1n) is 6.28. The minimum Gasteiger partial charge on any atom is -0.494 e. The highest BCUT2D eigenvalue weighted by Crippen LogP contribution is 2.38. The molecular weight excluding hydrogens is 250 g/mol. The van der Waals surface area contributed by atoms with Crippen molar-refractivity contribution >= 4 is 23.2 Å². The van der Waals surface area contributed by atoms with Crippen molar-refractivity contribution in [2.75, 3.05) is 11.9 Å². The molecule has 1 aromatic carbocycles. The Bertz CT molecular complexity index is 447. The minimum atomic E-state index is 0.104. The number of hydrogen-bond donors (Lipinski definition) is 1. The summed E-state index contributed by atoms with van der Waals surface area (Å²) in [6.45, 7) is 4.63. The number of benzene rings is 1. The van der Waals surface area contributed by atoms with Crippen molar-refractivity contribution in [3.8, 4) is 5.75 Å². The van der Waals surface area contributed by atoms with Gasteiger partial charge in [0.1, 0.15) is 5.75 Å². The van der Waals surface area contributed by atoms with E-state index in [4.69, 9.17) is 16.3 Å². The molecule has 18 heavy (non-hydrogen) atoms. The molecule has 0 bridgehead atoms. The monoisotopic (exact) mass is 267 g/mol. The Balaban J connectivity index is 2.07. The van der Waals surface area contributed by atoms with Crippen molar-refractivity contribution in [3.63, 3.8) is 0 Å². The molecule has 0 heterocycles. The predicted molar refractivity (Wildman–Crippen MR) is 73.1 cm³/mol. The molecule has 0 aliphatic heterocycles. The maximum Gasteiger partial charge on any atom is 0.227 e. The van der Waals surface area contributed by atoms with Gasteiger partial charge >= 0.3 is 0 Å². The van der Waals surface area contributed by atoms with Gasteiger partial charge in [0.2, 0.25) is 5.91 Å². The number of hydrogen-bond acceptors (Lipinski definition) is 2. The number of alkyl halides is 1. The lowest BCUT2D eigenvalue weighted by Gasteiger charge is -2.11. The first kappa shape index (κ1) is 13.2. The maximum absolute atomic E-state index is 11.8. The van der Waals surface area contributed by atoms with Gasteiger partial charge in [-0.25, -0.2) is 0 Å². The average Bonchev–Trinajstić information content (AvgIpc) is 3.09. The molecule has 0 radical (unpaired) electrons. The van der Waals surface area contributed by atoms with E-state index in [1.165, 1.54) is 0 Å². The van der Waals surface area contributed by atoms with Crippen LogP contribution in [-0.4, -0.2) is 12.5 Å². The standard InChI is InChI=1S/C14H18ClNO2/c1-3-18-13-5-4-11(7-10(13)8-15)16-14(17)12-6-9(12)2/h4-5,7,9,12H,3,6,8H2,1-2H3,(H,16,17). The van der Waals surface area contributed by atoms with Crippen molar-refractivity contribution in [1.82, 2.24) is 0 Å². The van der Waals surface area contributed by atoms with Crippen LogP contribution < -0.4 is 10.1 Å². The number of rotatable bonds is 5. The summed E-state index contributed by atoms with van der Waals surface area (Å²) in [5.41, 5.74) is 1.69. The van der Waals surface area contributed by atoms with E-state index >= 15 is 0 Å². The van der Waals surface area contributed by atoms with Gasteiger partial charge in [-0.15, -0.1) is 11.6 Å². The normalized spacial score (nSPS) is 21.5. The molecule has 0 saturated heterocycles. The molecule has 98 valence electrons. The summed E-state index contributed by atoms with van der Waals surface area (Å²) in [6, 6.07) is 5.59. The second-order valence-electron chi connectivity index (χ2n) is 4.70. The third kappa shape index (κ3) is 2.96. The van der Waals surface area contributed by atoms with Gasteiger partial charge in [0.25, 0.3) is 0 Å². The Kier molecular flexibility index (Phi) is 4.12. The van der Waals surface area contributed by atoms with Crippen molar-refractivity contribution < 1.29 is 9.53 Å². The molecule has 1 aromatic rings. The van der Waals surface area contributed by atoms with Crippen LogP contribution in [0.25, 0.3) is 0 Å². The van der Waals surface area contributed by atoms with E-state index in [1.54, 1.807) is 0 Å². The Labute approximate surface area is 112 Å². The van der Waals surface area contributed by atoms with Crippen LogP contribution in [0.3, 0.4) is 0 Å². The zero-order valence-electron chi connectivity index (χ0n) is 10.7. The van der Waals surface area contributed by atoms with Crippen LogP contribution in [0, 0.1) is 11.8 Å². The van der Waals surface area contributed by atoms with Gasteiger partial charge in [0.05, 0.1) is 12.5 Å². The molecule has 1 fully saturated rings. The minimum absolute atomic E-state index is 0.104. The van der Waals surface area contributed by atoms with Crippen LogP contribution in [-0.2, 0) is 10.7 Å². The molecule has 0 aromatic heterocycles. The molecule has 2 atom stereocenters. The highest BCUT2D eigenvalue weighted by atomic mass is 35.5. The lowest BCUT2D eigenvalue weighted by molar-refractivity contribution is -0.117. The van der Waals surface area contributed by atoms with E-state index in [2.05, 4.69) is 12.2 Å². The van der Waals surface area contributed by atoms with Gasteiger partial charge in [-0.1, -0.05) is 6.92 Å². The first-order valence-corrected chi connectivity index (χ1v) is 6.81. The van der Waals surface area contributed by atoms with Crippen LogP contribution in [0.5, 0.6) is 5.75 Å². The molecule has 4 heteroatoms. The summed E-state index contributed by atoms with van der Waals surface area (Å²) in [5.74, 6) is 1.95. The molecule has 1 aliphatic carbocycles. The number of carbonyl (C=O) groups is 1. The summed E-state index contributed by atoms with van der Waals surface area (Å²) in [5, 5.41) is 2.93. The zero-order chi connectivity index (χ0) is 13.1. The molecule has 1 N–H and O–H groups in total. The number of anilines is 1. The molecule has 0 spiro atoms. The van der Waals surface area contributed by atoms with Crippen molar-refractivity contribution in [3.05, 3.63) is 23.8 Å². The van der Waals surface area contributed by atoms with Crippen LogP contribution >= 0.6 is 11.6 Å². The SMILES string of the molecule is CCOc1ccc(NC(=O)C2CC2C)cc1CCl. The zero-order valence-corrected chi connectivity index (χ0v) is 11.5. The summed E-state index contributed by atoms with van der Waals surface area (Å²) < 4.78 is 5.47. The van der Waals surface area contributed by atoms with E-state index < -0.39 is 0 Å². The fraction of sp³-hybridized carbons (Fsp3) is 0.500. The first-order chi connectivity index (χ1) is 8.65. The number of ether oxygens (including phenoxy) is 1. The third-order valence-corrected chi connectivity index (χ3v) is 3.51. The van der Waals surface area contributed by atoms with E-state index in [0.29, 0.717) is 18.4 Å². The highest BCUT2D eigenvalue weighted by molar-refractivity contribution is 6.17. The Morgan fingerprint density at radius 1 is 1.56 bits per heavy atom. The van der Waals surface area contributed by atoms with Gasteiger partial charge in [-0.05, 0) is 37.5 Å². The molecule has 2 unspecified atom stereocenters. The van der Waals surface area contributed by atoms with Gasteiger partial charge < -0.3 is 10.1 Å². The van der Waals surface area contributed by atoms with Crippen LogP contribution in [0.4, 0.5) is 5.69 Å². The van der Waals surface area contributed by atoms with Gasteiger partial charge in [-0.3, -0.25) is 4.79 Å². The maximum atomic E-state index is 11.8. The fourth-order valence-electron chi connectivity index (χ4n) is 1.98. The summed E-state index contributed by atoms with van der Waals surface area (Å²) >= 11 is 5.88. The molecule has 1 saturated carbocycles. The second kappa shape index (κ2) is 5.61. The van der Waals surface area contributed by atoms with E-state index in [-0.39, 0.29) is 11.8 Å². The Hall–Kier alpha value is -1.22. The van der Waals surface area contributed by atoms with Gasteiger partial charge in [0, 0.05) is 17.2 Å². The van der Waals surface area contributed by atoms with Crippen LogP contribution in [0.2, 0.25) is 0 Å². The number of halogens is 1. The summed E-state index contributed by atoms with van der Waals surface area (Å²) in [7, 11) is 0. The highest BCUT2D eigenvalue weighted by Gasteiger charge is 2.39. The lowest BCUT2D eigenvalue weighted by Crippen LogP contribution is -2.14. The molecule has 1 amide bonds. The number of carbonyl (C=O) groups excluding carboxylic acids is 1. The lowest BCUT2D eigenvalue weighted by atomic mass is 10.2. The largest absolute Gasteiger partial charge is 0.494 e. The Morgan fingerprint density at radius 3 is 2.83 bits per heavy atom. The Morgan fingerprint density at radius 2 is 2.28 bits per heavy atom. The van der Waals surface area contributed by atoms with E-state index in [9.17, 15) is 4.79 Å². The molecule has 3 nitrogen and oxygen atoms in total. The molecule has 2 rings (SSSR count). The predicted octanol–water partition coefficient (Wildman–Crippen LogP) is 3.42.